The first kappa shape index (κ1) is 8.43. The molecule has 2 heterocycles. The second kappa shape index (κ2) is 3.65. The molecule has 1 aromatic heterocycles. The molecule has 3 nitrogen and oxygen atoms in total. The smallest absolute Gasteiger partial charge is 0.155 e. The molecule has 1 aliphatic heterocycles. The van der Waals surface area contributed by atoms with E-state index in [2.05, 4.69) is 10.3 Å². The fourth-order valence-electron chi connectivity index (χ4n) is 0.885. The molecule has 0 saturated carbocycles. The molecule has 0 spiro atoms. The molecule has 0 bridgehead atoms. The van der Waals surface area contributed by atoms with E-state index in [1.165, 1.54) is 0 Å². The number of nitrogens with zero attached hydrogens (tertiary/aromatic N) is 1. The zero-order valence-corrected chi connectivity index (χ0v) is 7.22. The molecule has 1 radical (unpaired) electrons. The predicted molar refractivity (Wildman–Crippen MR) is 39.8 cm³/mol. The van der Waals surface area contributed by atoms with E-state index >= 15 is 0 Å². The first-order valence-electron chi connectivity index (χ1n) is 3.13. The number of ether oxygens (including phenoxy) is 1. The van der Waals surface area contributed by atoms with Gasteiger partial charge in [0.2, 0.25) is 0 Å². The van der Waals surface area contributed by atoms with Crippen LogP contribution in [0.5, 0.6) is 5.75 Å². The summed E-state index contributed by atoms with van der Waals surface area (Å²) in [5, 5.41) is 3.00. The van der Waals surface area contributed by atoms with Gasteiger partial charge in [-0.2, -0.15) is 0 Å². The molecule has 0 fully saturated rings. The van der Waals surface area contributed by atoms with Crippen LogP contribution >= 0.6 is 0 Å². The van der Waals surface area contributed by atoms with Crippen LogP contribution < -0.4 is 10.1 Å². The summed E-state index contributed by atoms with van der Waals surface area (Å²) < 4.78 is 5.24. The van der Waals surface area contributed by atoms with Crippen molar-refractivity contribution in [1.29, 1.82) is 0 Å². The van der Waals surface area contributed by atoms with E-state index in [4.69, 9.17) is 4.74 Å². The van der Waals surface area contributed by atoms with Crippen molar-refractivity contribution in [2.75, 3.05) is 11.9 Å². The van der Waals surface area contributed by atoms with Crippen molar-refractivity contribution in [3.8, 4) is 5.75 Å². The summed E-state index contributed by atoms with van der Waals surface area (Å²) in [5.74, 6) is 1.62. The van der Waals surface area contributed by atoms with Gasteiger partial charge in [-0.15, -0.1) is 0 Å². The van der Waals surface area contributed by atoms with Gasteiger partial charge in [0.1, 0.15) is 5.82 Å². The van der Waals surface area contributed by atoms with Gasteiger partial charge in [-0.3, -0.25) is 0 Å². The summed E-state index contributed by atoms with van der Waals surface area (Å²) in [6, 6.07) is 3.74. The third-order valence-corrected chi connectivity index (χ3v) is 1.33. The number of pyridine rings is 1. The summed E-state index contributed by atoms with van der Waals surface area (Å²) in [6.07, 6.45) is 1.73. The topological polar surface area (TPSA) is 34.1 Å². The van der Waals surface area contributed by atoms with Crippen LogP contribution in [0.1, 0.15) is 1.43 Å². The maximum atomic E-state index is 5.24. The summed E-state index contributed by atoms with van der Waals surface area (Å²) in [6.45, 7) is 2.44. The molecule has 0 aliphatic carbocycles. The fourth-order valence-corrected chi connectivity index (χ4v) is 0.885. The number of fused-ring (bicyclic) bond motifs is 1. The average Bonchev–Trinajstić information content (AvgIpc) is 2.05. The molecule has 0 unspecified atom stereocenters. The zero-order chi connectivity index (χ0) is 6.81. The van der Waals surface area contributed by atoms with Crippen LogP contribution in [0.2, 0.25) is 0 Å². The Labute approximate surface area is 78.5 Å². The SMILES string of the molecule is [HH].[V].c1cnc2c(c1)OC[CH-]N2. The summed E-state index contributed by atoms with van der Waals surface area (Å²) in [4.78, 5) is 4.05. The number of nitrogens with one attached hydrogen (secondary N) is 1. The zero-order valence-electron chi connectivity index (χ0n) is 5.82. The van der Waals surface area contributed by atoms with Crippen molar-refractivity contribution < 1.29 is 24.7 Å². The van der Waals surface area contributed by atoms with E-state index in [0.29, 0.717) is 6.61 Å². The summed E-state index contributed by atoms with van der Waals surface area (Å²) in [5.41, 5.74) is 0. The van der Waals surface area contributed by atoms with Crippen LogP contribution in [0.3, 0.4) is 0 Å². The third-order valence-electron chi connectivity index (χ3n) is 1.33. The van der Waals surface area contributed by atoms with Gasteiger partial charge in [-0.1, -0.05) is 0 Å². The first-order valence-corrected chi connectivity index (χ1v) is 3.13. The van der Waals surface area contributed by atoms with Gasteiger partial charge in [-0.25, -0.2) is 11.5 Å². The van der Waals surface area contributed by atoms with Crippen LogP contribution in [-0.4, -0.2) is 11.6 Å². The standard InChI is InChI=1S/C7H7N2O.V.H2/c1-2-6-7(8-3-1)9-4-5-10-6;;/h1-4H,5H2,(H,8,9);;1H/q-1;;. The number of hydrogen-bond donors (Lipinski definition) is 1. The Morgan fingerprint density at radius 2 is 2.64 bits per heavy atom. The van der Waals surface area contributed by atoms with Crippen LogP contribution in [0.4, 0.5) is 5.82 Å². The number of aromatic nitrogens is 1. The number of rotatable bonds is 0. The van der Waals surface area contributed by atoms with Crippen molar-refractivity contribution in [3.63, 3.8) is 0 Å². The molecular weight excluding hydrogens is 179 g/mol. The van der Waals surface area contributed by atoms with Crippen LogP contribution in [0.25, 0.3) is 0 Å². The van der Waals surface area contributed by atoms with Crippen molar-refractivity contribution in [1.82, 2.24) is 4.98 Å². The quantitative estimate of drug-likeness (QED) is 0.623. The molecule has 1 aromatic rings. The number of hydrogen-bond acceptors (Lipinski definition) is 3. The van der Waals surface area contributed by atoms with Gasteiger partial charge in [0.15, 0.2) is 5.75 Å². The normalized spacial score (nSPS) is 13.5. The van der Waals surface area contributed by atoms with Gasteiger partial charge >= 0.3 is 0 Å². The van der Waals surface area contributed by atoms with E-state index in [0.717, 1.165) is 11.6 Å². The molecule has 0 aromatic carbocycles. The van der Waals surface area contributed by atoms with E-state index in [1.807, 2.05) is 18.7 Å². The minimum atomic E-state index is 0. The summed E-state index contributed by atoms with van der Waals surface area (Å²) in [7, 11) is 0. The summed E-state index contributed by atoms with van der Waals surface area (Å²) >= 11 is 0. The largest absolute Gasteiger partial charge is 0.520 e. The molecule has 59 valence electrons. The molecule has 0 amide bonds. The Bertz CT molecular complexity index is 222. The molecule has 0 saturated heterocycles. The first-order chi connectivity index (χ1) is 4.97. The minimum Gasteiger partial charge on any atom is -0.520 e. The maximum absolute atomic E-state index is 5.24. The van der Waals surface area contributed by atoms with Gasteiger partial charge < -0.3 is 10.1 Å². The van der Waals surface area contributed by atoms with Gasteiger partial charge in [0.05, 0.1) is 0 Å². The third kappa shape index (κ3) is 1.67. The Morgan fingerprint density at radius 1 is 1.73 bits per heavy atom. The van der Waals surface area contributed by atoms with Crippen molar-refractivity contribution in [2.24, 2.45) is 0 Å². The minimum absolute atomic E-state index is 0. The molecule has 1 aliphatic rings. The number of anilines is 1. The van der Waals surface area contributed by atoms with E-state index < -0.39 is 0 Å². The Morgan fingerprint density at radius 3 is 3.45 bits per heavy atom. The Balaban J connectivity index is 0.000000605. The Kier molecular flexibility index (Phi) is 2.80. The molecule has 1 N–H and O–H groups in total. The maximum Gasteiger partial charge on any atom is 0.155 e. The van der Waals surface area contributed by atoms with Crippen molar-refractivity contribution in [3.05, 3.63) is 24.9 Å². The molecule has 4 heteroatoms. The second-order valence-electron chi connectivity index (χ2n) is 2.01. The average molecular weight is 188 g/mol. The monoisotopic (exact) mass is 188 g/mol. The van der Waals surface area contributed by atoms with E-state index in [9.17, 15) is 0 Å². The molecule has 11 heavy (non-hydrogen) atoms. The van der Waals surface area contributed by atoms with Crippen LogP contribution in [0, 0.1) is 6.54 Å². The van der Waals surface area contributed by atoms with Gasteiger partial charge in [0.25, 0.3) is 0 Å². The van der Waals surface area contributed by atoms with Crippen molar-refractivity contribution in [2.45, 2.75) is 0 Å². The van der Waals surface area contributed by atoms with Crippen molar-refractivity contribution >= 4 is 5.82 Å². The van der Waals surface area contributed by atoms with Crippen LogP contribution in [0.15, 0.2) is 18.3 Å². The van der Waals surface area contributed by atoms with E-state index in [1.54, 1.807) is 6.20 Å². The second-order valence-corrected chi connectivity index (χ2v) is 2.01. The van der Waals surface area contributed by atoms with Gasteiger partial charge in [0, 0.05) is 26.2 Å². The van der Waals surface area contributed by atoms with Crippen LogP contribution in [-0.2, 0) is 18.6 Å². The van der Waals surface area contributed by atoms with E-state index in [-0.39, 0.29) is 20.0 Å². The molecule has 0 atom stereocenters. The molecular formula is C7H9N2OV-. The van der Waals surface area contributed by atoms with Gasteiger partial charge in [-0.05, 0) is 18.7 Å². The fraction of sp³-hybridized carbons (Fsp3) is 0.143. The molecule has 2 rings (SSSR count). The Hall–Kier alpha value is -0.666. The predicted octanol–water partition coefficient (Wildman–Crippen LogP) is 1.29.